The van der Waals surface area contributed by atoms with E-state index in [1.165, 1.54) is 0 Å². The van der Waals surface area contributed by atoms with E-state index >= 15 is 0 Å². The molecule has 0 N–H and O–H groups in total. The monoisotopic (exact) mass is 250 g/mol. The molecule has 0 amide bonds. The molecule has 0 aliphatic carbocycles. The van der Waals surface area contributed by atoms with E-state index in [-0.39, 0.29) is 0 Å². The first-order valence-corrected chi connectivity index (χ1v) is 6.63. The van der Waals surface area contributed by atoms with Crippen molar-refractivity contribution in [2.45, 2.75) is 19.3 Å². The summed E-state index contributed by atoms with van der Waals surface area (Å²) in [4.78, 5) is 4.68. The van der Waals surface area contributed by atoms with Crippen LogP contribution in [0.15, 0.2) is 0 Å². The van der Waals surface area contributed by atoms with Crippen LogP contribution in [0, 0.1) is 22.7 Å². The van der Waals surface area contributed by atoms with Gasteiger partial charge in [0, 0.05) is 45.6 Å². The van der Waals surface area contributed by atoms with Gasteiger partial charge in [0.1, 0.15) is 0 Å². The van der Waals surface area contributed by atoms with Crippen LogP contribution in [0.2, 0.25) is 0 Å². The largest absolute Gasteiger partial charge is 0.379 e. The number of nitriles is 2. The highest BCUT2D eigenvalue weighted by Crippen LogP contribution is 2.00. The normalized spacial score (nSPS) is 16.4. The summed E-state index contributed by atoms with van der Waals surface area (Å²) in [5, 5.41) is 17.2. The lowest BCUT2D eigenvalue weighted by Gasteiger charge is -2.29. The van der Waals surface area contributed by atoms with Crippen LogP contribution in [0.5, 0.6) is 0 Å². The summed E-state index contributed by atoms with van der Waals surface area (Å²) in [7, 11) is 0. The highest BCUT2D eigenvalue weighted by molar-refractivity contribution is 4.75. The van der Waals surface area contributed by atoms with E-state index in [9.17, 15) is 0 Å². The third-order valence-corrected chi connectivity index (χ3v) is 3.14. The Kier molecular flexibility index (Phi) is 8.16. The average molecular weight is 250 g/mol. The van der Waals surface area contributed by atoms with Crippen molar-refractivity contribution in [2.24, 2.45) is 0 Å². The molecule has 0 aromatic heterocycles. The van der Waals surface area contributed by atoms with Crippen LogP contribution in [-0.2, 0) is 4.74 Å². The number of hydrogen-bond donors (Lipinski definition) is 0. The Labute approximate surface area is 110 Å². The topological polar surface area (TPSA) is 63.3 Å². The van der Waals surface area contributed by atoms with Crippen LogP contribution in [-0.4, -0.2) is 62.3 Å². The molecule has 0 aromatic rings. The number of hydrogen-bond acceptors (Lipinski definition) is 5. The van der Waals surface area contributed by atoms with Crippen molar-refractivity contribution in [3.63, 3.8) is 0 Å². The molecular weight excluding hydrogens is 228 g/mol. The van der Waals surface area contributed by atoms with Gasteiger partial charge >= 0.3 is 0 Å². The second-order valence-corrected chi connectivity index (χ2v) is 4.47. The molecule has 0 unspecified atom stereocenters. The molecule has 1 aliphatic rings. The van der Waals surface area contributed by atoms with Crippen molar-refractivity contribution in [1.29, 1.82) is 10.5 Å². The van der Waals surface area contributed by atoms with Gasteiger partial charge in [-0.05, 0) is 13.0 Å². The van der Waals surface area contributed by atoms with Gasteiger partial charge in [0.2, 0.25) is 0 Å². The molecule has 5 heteroatoms. The zero-order chi connectivity index (χ0) is 13.1. The van der Waals surface area contributed by atoms with Crippen LogP contribution < -0.4 is 0 Å². The first kappa shape index (κ1) is 14.9. The molecule has 5 nitrogen and oxygen atoms in total. The Balaban J connectivity index is 2.21. The second-order valence-electron chi connectivity index (χ2n) is 4.47. The molecule has 18 heavy (non-hydrogen) atoms. The third kappa shape index (κ3) is 6.56. The van der Waals surface area contributed by atoms with E-state index < -0.39 is 0 Å². The first-order chi connectivity index (χ1) is 8.86. The molecule has 0 spiro atoms. The number of unbranched alkanes of at least 4 members (excludes halogenated alkanes) is 1. The molecule has 1 rings (SSSR count). The fourth-order valence-corrected chi connectivity index (χ4v) is 2.03. The predicted octanol–water partition coefficient (Wildman–Crippen LogP) is 0.838. The van der Waals surface area contributed by atoms with Crippen molar-refractivity contribution >= 4 is 0 Å². The van der Waals surface area contributed by atoms with Crippen molar-refractivity contribution in [3.05, 3.63) is 0 Å². The fraction of sp³-hybridized carbons (Fsp3) is 0.846. The Morgan fingerprint density at radius 3 is 2.39 bits per heavy atom. The predicted molar refractivity (Wildman–Crippen MR) is 68.8 cm³/mol. The molecule has 100 valence electrons. The van der Waals surface area contributed by atoms with Gasteiger partial charge in [0.15, 0.2) is 0 Å². The van der Waals surface area contributed by atoms with E-state index in [2.05, 4.69) is 21.9 Å². The number of rotatable bonds is 8. The van der Waals surface area contributed by atoms with Gasteiger partial charge in [-0.1, -0.05) is 0 Å². The van der Waals surface area contributed by atoms with Gasteiger partial charge in [-0.25, -0.2) is 0 Å². The first-order valence-electron chi connectivity index (χ1n) is 6.63. The Morgan fingerprint density at radius 2 is 1.72 bits per heavy atom. The minimum Gasteiger partial charge on any atom is -0.379 e. The lowest BCUT2D eigenvalue weighted by molar-refractivity contribution is 0.0334. The van der Waals surface area contributed by atoms with Gasteiger partial charge in [0.05, 0.1) is 25.4 Å². The highest BCUT2D eigenvalue weighted by atomic mass is 16.5. The molecule has 0 saturated carbocycles. The zero-order valence-corrected chi connectivity index (χ0v) is 11.0. The number of nitrogens with zero attached hydrogens (tertiary/aromatic N) is 4. The molecule has 1 fully saturated rings. The molecule has 0 aromatic carbocycles. The minimum atomic E-state index is 0.565. The lowest BCUT2D eigenvalue weighted by Crippen LogP contribution is -2.41. The van der Waals surface area contributed by atoms with Crippen LogP contribution in [0.4, 0.5) is 0 Å². The quantitative estimate of drug-likeness (QED) is 0.597. The van der Waals surface area contributed by atoms with Crippen LogP contribution in [0.25, 0.3) is 0 Å². The number of morpholine rings is 1. The van der Waals surface area contributed by atoms with E-state index in [0.717, 1.165) is 58.9 Å². The van der Waals surface area contributed by atoms with E-state index in [1.807, 2.05) is 0 Å². The van der Waals surface area contributed by atoms with E-state index in [1.54, 1.807) is 0 Å². The van der Waals surface area contributed by atoms with Crippen molar-refractivity contribution in [3.8, 4) is 12.1 Å². The summed E-state index contributed by atoms with van der Waals surface area (Å²) >= 11 is 0. The lowest BCUT2D eigenvalue weighted by atomic mass is 10.3. The molecule has 1 heterocycles. The molecule has 0 radical (unpaired) electrons. The van der Waals surface area contributed by atoms with Gasteiger partial charge in [-0.3, -0.25) is 4.90 Å². The Hall–Kier alpha value is -1.14. The van der Waals surface area contributed by atoms with Gasteiger partial charge in [0.25, 0.3) is 0 Å². The second kappa shape index (κ2) is 9.85. The summed E-state index contributed by atoms with van der Waals surface area (Å²) in [6, 6.07) is 4.35. The van der Waals surface area contributed by atoms with Crippen molar-refractivity contribution < 1.29 is 4.74 Å². The van der Waals surface area contributed by atoms with Crippen LogP contribution in [0.1, 0.15) is 19.3 Å². The van der Waals surface area contributed by atoms with E-state index in [4.69, 9.17) is 15.3 Å². The van der Waals surface area contributed by atoms with Gasteiger partial charge < -0.3 is 9.64 Å². The maximum atomic E-state index is 8.65. The van der Waals surface area contributed by atoms with Crippen LogP contribution >= 0.6 is 0 Å². The molecule has 0 bridgehead atoms. The highest BCUT2D eigenvalue weighted by Gasteiger charge is 2.12. The molecular formula is C13H22N4O. The summed E-state index contributed by atoms with van der Waals surface area (Å²) in [5.74, 6) is 0. The van der Waals surface area contributed by atoms with Gasteiger partial charge in [-0.15, -0.1) is 0 Å². The average Bonchev–Trinajstić information content (AvgIpc) is 2.42. The van der Waals surface area contributed by atoms with E-state index in [0.29, 0.717) is 12.8 Å². The SMILES string of the molecule is N#CCCCN(CCC#N)CCN1CCOCC1. The standard InChI is InChI=1S/C13H22N4O/c14-4-1-2-6-16(7-3-5-15)8-9-17-10-12-18-13-11-17/h1-3,6-13H2. The summed E-state index contributed by atoms with van der Waals surface area (Å²) < 4.78 is 5.32. The van der Waals surface area contributed by atoms with Gasteiger partial charge in [-0.2, -0.15) is 10.5 Å². The van der Waals surface area contributed by atoms with Crippen molar-refractivity contribution in [2.75, 3.05) is 52.5 Å². The summed E-state index contributed by atoms with van der Waals surface area (Å²) in [5.41, 5.74) is 0. The smallest absolute Gasteiger partial charge is 0.0635 e. The van der Waals surface area contributed by atoms with Crippen LogP contribution in [0.3, 0.4) is 0 Å². The Bertz CT molecular complexity index is 288. The summed E-state index contributed by atoms with van der Waals surface area (Å²) in [6.45, 7) is 7.40. The minimum absolute atomic E-state index is 0.565. The Morgan fingerprint density at radius 1 is 1.00 bits per heavy atom. The maximum absolute atomic E-state index is 8.65. The fourth-order valence-electron chi connectivity index (χ4n) is 2.03. The third-order valence-electron chi connectivity index (χ3n) is 3.14. The molecule has 1 aliphatic heterocycles. The molecule has 0 atom stereocenters. The zero-order valence-electron chi connectivity index (χ0n) is 11.0. The van der Waals surface area contributed by atoms with Crippen molar-refractivity contribution in [1.82, 2.24) is 9.80 Å². The maximum Gasteiger partial charge on any atom is 0.0635 e. The molecule has 1 saturated heterocycles. The number of ether oxygens (including phenoxy) is 1. The summed E-state index contributed by atoms with van der Waals surface area (Å²) in [6.07, 6.45) is 2.06.